The van der Waals surface area contributed by atoms with Crippen LogP contribution in [0.25, 0.3) is 6.08 Å². The normalized spacial score (nSPS) is 30.6. The first-order valence-corrected chi connectivity index (χ1v) is 14.0. The van der Waals surface area contributed by atoms with Gasteiger partial charge in [0, 0.05) is 37.3 Å². The van der Waals surface area contributed by atoms with Gasteiger partial charge >= 0.3 is 0 Å². The van der Waals surface area contributed by atoms with E-state index < -0.39 is 0 Å². The van der Waals surface area contributed by atoms with Crippen LogP contribution in [-0.2, 0) is 17.6 Å². The summed E-state index contributed by atoms with van der Waals surface area (Å²) in [5.74, 6) is 1.89. The van der Waals surface area contributed by atoms with Crippen molar-refractivity contribution in [1.29, 1.82) is 0 Å². The van der Waals surface area contributed by atoms with E-state index in [0.717, 1.165) is 30.7 Å². The monoisotopic (exact) mass is 488 g/mol. The Morgan fingerprint density at radius 2 is 2.00 bits per heavy atom. The van der Waals surface area contributed by atoms with Crippen molar-refractivity contribution >= 4 is 12.0 Å². The number of likely N-dealkylation sites (N-methyl/N-ethyl adjacent to an activating group) is 1. The second kappa shape index (κ2) is 9.74. The molecule has 2 saturated carbocycles. The third kappa shape index (κ3) is 4.74. The van der Waals surface area contributed by atoms with Crippen LogP contribution in [0.5, 0.6) is 5.75 Å². The molecule has 4 atom stereocenters. The largest absolute Gasteiger partial charge is 0.508 e. The number of hydrogen-bond acceptors (Lipinski definition) is 4. The van der Waals surface area contributed by atoms with E-state index in [1.54, 1.807) is 18.6 Å². The SMILES string of the molecule is CN(C(=O)/C=C/c1ccoc1)[C@@H]1CCCCN(CC2CC2)C2CCC1CC21Cc2ccc(O)cc2C1. The topological polar surface area (TPSA) is 56.9 Å². The number of rotatable bonds is 5. The molecule has 3 heterocycles. The number of nitrogens with zero attached hydrogens (tertiary/aromatic N) is 2. The molecule has 1 spiro atoms. The summed E-state index contributed by atoms with van der Waals surface area (Å²) in [5, 5.41) is 10.2. The molecule has 1 amide bonds. The van der Waals surface area contributed by atoms with Crippen molar-refractivity contribution in [3.63, 3.8) is 0 Å². The molecular weight excluding hydrogens is 448 g/mol. The number of phenolic OH excluding ortho intramolecular Hbond substituents is 1. The van der Waals surface area contributed by atoms with Crippen molar-refractivity contribution in [3.8, 4) is 5.75 Å². The number of benzene rings is 1. The first-order chi connectivity index (χ1) is 17.5. The fourth-order valence-corrected chi connectivity index (χ4v) is 7.73. The average Bonchev–Trinajstić information content (AvgIpc) is 3.39. The number of furan rings is 1. The molecule has 36 heavy (non-hydrogen) atoms. The van der Waals surface area contributed by atoms with E-state index in [2.05, 4.69) is 11.0 Å². The fourth-order valence-electron chi connectivity index (χ4n) is 7.73. The van der Waals surface area contributed by atoms with Gasteiger partial charge < -0.3 is 14.4 Å². The third-order valence-corrected chi connectivity index (χ3v) is 9.64. The number of carbonyl (C=O) groups excluding carboxylic acids is 1. The Labute approximate surface area is 215 Å². The highest BCUT2D eigenvalue weighted by Gasteiger charge is 2.52. The molecule has 2 saturated heterocycles. The van der Waals surface area contributed by atoms with Gasteiger partial charge in [-0.25, -0.2) is 0 Å². The standard InChI is InChI=1S/C31H40N2O3/c1-32(30(35)12-7-23-13-15-36-21-23)28-4-2-3-14-33(20-22-5-6-22)29-11-9-25(28)18-31(29)17-24-8-10-27(34)16-26(24)19-31/h7-8,10,12-13,15-16,21-22,25,28-29,34H,2-6,9,11,14,17-20H2,1H3/b12-7+/t25?,28-,29?,31?/m1/s1. The zero-order valence-corrected chi connectivity index (χ0v) is 21.6. The number of hydrogen-bond donors (Lipinski definition) is 1. The van der Waals surface area contributed by atoms with Gasteiger partial charge in [-0.3, -0.25) is 9.69 Å². The lowest BCUT2D eigenvalue weighted by atomic mass is 9.61. The van der Waals surface area contributed by atoms with E-state index in [9.17, 15) is 9.90 Å². The molecule has 192 valence electrons. The Balaban J connectivity index is 1.27. The minimum absolute atomic E-state index is 0.0874. The Kier molecular flexibility index (Phi) is 6.45. The highest BCUT2D eigenvalue weighted by molar-refractivity contribution is 5.91. The Hall–Kier alpha value is -2.53. The highest BCUT2D eigenvalue weighted by atomic mass is 16.3. The van der Waals surface area contributed by atoms with Crippen molar-refractivity contribution in [2.45, 2.75) is 76.3 Å². The molecule has 4 fully saturated rings. The molecule has 3 unspecified atom stereocenters. The van der Waals surface area contributed by atoms with E-state index in [1.165, 1.54) is 69.2 Å². The minimum Gasteiger partial charge on any atom is -0.508 e. The first kappa shape index (κ1) is 23.8. The van der Waals surface area contributed by atoms with Crippen LogP contribution < -0.4 is 0 Å². The van der Waals surface area contributed by atoms with Gasteiger partial charge in [0.1, 0.15) is 5.75 Å². The van der Waals surface area contributed by atoms with Crippen molar-refractivity contribution in [2.75, 3.05) is 20.1 Å². The molecule has 3 aliphatic carbocycles. The van der Waals surface area contributed by atoms with Gasteiger partial charge in [-0.15, -0.1) is 0 Å². The molecule has 2 aliphatic heterocycles. The second-order valence-electron chi connectivity index (χ2n) is 12.1. The average molecular weight is 489 g/mol. The summed E-state index contributed by atoms with van der Waals surface area (Å²) < 4.78 is 5.15. The Morgan fingerprint density at radius 3 is 2.81 bits per heavy atom. The molecule has 1 aromatic heterocycles. The summed E-state index contributed by atoms with van der Waals surface area (Å²) in [7, 11) is 2.01. The van der Waals surface area contributed by atoms with Gasteiger partial charge in [-0.05, 0) is 117 Å². The van der Waals surface area contributed by atoms with Gasteiger partial charge in [0.05, 0.1) is 12.5 Å². The fraction of sp³-hybridized carbons (Fsp3) is 0.581. The molecule has 7 rings (SSSR count). The van der Waals surface area contributed by atoms with Crippen LogP contribution in [-0.4, -0.2) is 53.0 Å². The lowest BCUT2D eigenvalue weighted by molar-refractivity contribution is -0.129. The molecule has 5 nitrogen and oxygen atoms in total. The lowest BCUT2D eigenvalue weighted by Crippen LogP contribution is -2.56. The van der Waals surface area contributed by atoms with Crippen molar-refractivity contribution in [3.05, 3.63) is 59.6 Å². The van der Waals surface area contributed by atoms with Crippen molar-refractivity contribution < 1.29 is 14.3 Å². The van der Waals surface area contributed by atoms with E-state index >= 15 is 0 Å². The molecule has 1 N–H and O–H groups in total. The zero-order chi connectivity index (χ0) is 24.7. The number of carbonyl (C=O) groups is 1. The maximum Gasteiger partial charge on any atom is 0.246 e. The molecular formula is C31H40N2O3. The quantitative estimate of drug-likeness (QED) is 0.551. The molecule has 2 bridgehead atoms. The molecule has 5 heteroatoms. The molecule has 5 aliphatic rings. The summed E-state index contributed by atoms with van der Waals surface area (Å²) in [6, 6.07) is 8.78. The maximum atomic E-state index is 13.2. The van der Waals surface area contributed by atoms with E-state index in [4.69, 9.17) is 4.42 Å². The number of aromatic hydroxyl groups is 1. The van der Waals surface area contributed by atoms with Crippen LogP contribution >= 0.6 is 0 Å². The van der Waals surface area contributed by atoms with Gasteiger partial charge in [0.2, 0.25) is 5.91 Å². The minimum atomic E-state index is 0.0874. The van der Waals surface area contributed by atoms with Crippen molar-refractivity contribution in [1.82, 2.24) is 9.80 Å². The highest BCUT2D eigenvalue weighted by Crippen LogP contribution is 2.53. The van der Waals surface area contributed by atoms with Gasteiger partial charge in [-0.1, -0.05) is 12.5 Å². The summed E-state index contributed by atoms with van der Waals surface area (Å²) in [5.41, 5.74) is 3.89. The molecule has 0 radical (unpaired) electrons. The van der Waals surface area contributed by atoms with Crippen LogP contribution in [0, 0.1) is 17.3 Å². The Morgan fingerprint density at radius 1 is 1.14 bits per heavy atom. The third-order valence-electron chi connectivity index (χ3n) is 9.64. The summed E-state index contributed by atoms with van der Waals surface area (Å²) in [6.07, 6.45) is 18.9. The van der Waals surface area contributed by atoms with Crippen LogP contribution in [0.15, 0.2) is 47.3 Å². The predicted molar refractivity (Wildman–Crippen MR) is 142 cm³/mol. The van der Waals surface area contributed by atoms with Crippen LogP contribution in [0.1, 0.15) is 68.1 Å². The first-order valence-electron chi connectivity index (χ1n) is 14.0. The van der Waals surface area contributed by atoms with Crippen LogP contribution in [0.3, 0.4) is 0 Å². The lowest BCUT2D eigenvalue weighted by Gasteiger charge is -2.53. The van der Waals surface area contributed by atoms with Gasteiger partial charge in [-0.2, -0.15) is 0 Å². The van der Waals surface area contributed by atoms with Crippen LogP contribution in [0.4, 0.5) is 0 Å². The number of amides is 1. The van der Waals surface area contributed by atoms with Gasteiger partial charge in [0.25, 0.3) is 0 Å². The summed E-state index contributed by atoms with van der Waals surface area (Å²) >= 11 is 0. The van der Waals surface area contributed by atoms with Crippen LogP contribution in [0.2, 0.25) is 0 Å². The second-order valence-corrected chi connectivity index (χ2v) is 12.1. The van der Waals surface area contributed by atoms with Crippen molar-refractivity contribution in [2.24, 2.45) is 17.3 Å². The summed E-state index contributed by atoms with van der Waals surface area (Å²) in [4.78, 5) is 18.2. The van der Waals surface area contributed by atoms with E-state index in [0.29, 0.717) is 17.7 Å². The number of fused-ring (bicyclic) bond motifs is 7. The maximum absolute atomic E-state index is 13.2. The number of phenols is 1. The smallest absolute Gasteiger partial charge is 0.246 e. The van der Waals surface area contributed by atoms with E-state index in [1.807, 2.05) is 36.2 Å². The predicted octanol–water partition coefficient (Wildman–Crippen LogP) is 5.68. The van der Waals surface area contributed by atoms with Gasteiger partial charge in [0.15, 0.2) is 0 Å². The van der Waals surface area contributed by atoms with E-state index in [-0.39, 0.29) is 17.4 Å². The molecule has 2 aromatic rings. The molecule has 1 aromatic carbocycles. The zero-order valence-electron chi connectivity index (χ0n) is 21.6. The Bertz CT molecular complexity index is 1110. The summed E-state index contributed by atoms with van der Waals surface area (Å²) in [6.45, 7) is 2.44.